The summed E-state index contributed by atoms with van der Waals surface area (Å²) in [6.45, 7) is 4.75. The highest BCUT2D eigenvalue weighted by atomic mass is 16.5. The number of hydrogen-bond acceptors (Lipinski definition) is 4. The first-order valence-corrected chi connectivity index (χ1v) is 9.59. The van der Waals surface area contributed by atoms with E-state index in [9.17, 15) is 0 Å². The molecule has 0 saturated heterocycles. The molecule has 0 aromatic carbocycles. The molecule has 0 spiro atoms. The lowest BCUT2D eigenvalue weighted by molar-refractivity contribution is 0.276. The topological polar surface area (TPSA) is 47.9 Å². The summed E-state index contributed by atoms with van der Waals surface area (Å²) in [6.07, 6.45) is 11.6. The molecule has 0 radical (unpaired) electrons. The third-order valence-corrected chi connectivity index (χ3v) is 5.62. The van der Waals surface area contributed by atoms with Crippen molar-refractivity contribution < 1.29 is 4.74 Å². The van der Waals surface area contributed by atoms with Gasteiger partial charge in [0.15, 0.2) is 0 Å². The summed E-state index contributed by atoms with van der Waals surface area (Å²) < 4.78 is 6.19. The van der Waals surface area contributed by atoms with Gasteiger partial charge < -0.3 is 4.74 Å². The molecule has 4 rings (SSSR count). The number of aryl methyl sites for hydroxylation is 2. The van der Waals surface area contributed by atoms with Gasteiger partial charge in [-0.2, -0.15) is 4.98 Å². The Morgan fingerprint density at radius 1 is 1.04 bits per heavy atom. The lowest BCUT2D eigenvalue weighted by Gasteiger charge is -2.23. The molecule has 2 heterocycles. The largest absolute Gasteiger partial charge is 0.477 e. The van der Waals surface area contributed by atoms with Crippen molar-refractivity contribution in [2.75, 3.05) is 6.61 Å². The average molecular weight is 337 g/mol. The first-order chi connectivity index (χ1) is 12.2. The molecular formula is C21H27N3O. The van der Waals surface area contributed by atoms with E-state index >= 15 is 0 Å². The predicted molar refractivity (Wildman–Crippen MR) is 97.9 cm³/mol. The monoisotopic (exact) mass is 337 g/mol. The smallest absolute Gasteiger partial charge is 0.220 e. The van der Waals surface area contributed by atoms with Gasteiger partial charge in [-0.25, -0.2) is 4.98 Å². The Kier molecular flexibility index (Phi) is 4.69. The van der Waals surface area contributed by atoms with E-state index in [1.165, 1.54) is 55.3 Å². The molecule has 0 bridgehead atoms. The summed E-state index contributed by atoms with van der Waals surface area (Å²) >= 11 is 0. The SMILES string of the molecule is Cc1ccc(C2CC2COc2nc(C)ncc2C2CCCCC2)nc1. The summed E-state index contributed by atoms with van der Waals surface area (Å²) in [5.41, 5.74) is 3.63. The first-order valence-electron chi connectivity index (χ1n) is 9.59. The highest BCUT2D eigenvalue weighted by Crippen LogP contribution is 2.47. The van der Waals surface area contributed by atoms with Crippen LogP contribution in [0.1, 0.15) is 73.0 Å². The minimum atomic E-state index is 0.543. The molecule has 2 atom stereocenters. The van der Waals surface area contributed by atoms with Crippen LogP contribution in [0.2, 0.25) is 0 Å². The molecule has 2 aromatic rings. The van der Waals surface area contributed by atoms with E-state index < -0.39 is 0 Å². The molecule has 4 nitrogen and oxygen atoms in total. The molecule has 2 fully saturated rings. The van der Waals surface area contributed by atoms with Gasteiger partial charge >= 0.3 is 0 Å². The number of aromatic nitrogens is 3. The average Bonchev–Trinajstić information content (AvgIpc) is 3.41. The zero-order valence-electron chi connectivity index (χ0n) is 15.2. The van der Waals surface area contributed by atoms with Crippen molar-refractivity contribution in [3.63, 3.8) is 0 Å². The van der Waals surface area contributed by atoms with Crippen LogP contribution in [0.5, 0.6) is 5.88 Å². The van der Waals surface area contributed by atoms with Crippen LogP contribution < -0.4 is 4.74 Å². The maximum Gasteiger partial charge on any atom is 0.220 e. The molecule has 0 N–H and O–H groups in total. The van der Waals surface area contributed by atoms with E-state index in [2.05, 4.69) is 34.0 Å². The van der Waals surface area contributed by atoms with Crippen LogP contribution in [-0.2, 0) is 0 Å². The number of nitrogens with zero attached hydrogens (tertiary/aromatic N) is 3. The molecule has 2 aromatic heterocycles. The lowest BCUT2D eigenvalue weighted by Crippen LogP contribution is -2.11. The fourth-order valence-corrected chi connectivity index (χ4v) is 3.95. The number of hydrogen-bond donors (Lipinski definition) is 0. The second-order valence-electron chi connectivity index (χ2n) is 7.69. The Hall–Kier alpha value is -1.97. The van der Waals surface area contributed by atoms with Crippen LogP contribution in [0, 0.1) is 19.8 Å². The van der Waals surface area contributed by atoms with Gasteiger partial charge in [0.2, 0.25) is 5.88 Å². The van der Waals surface area contributed by atoms with Crippen molar-refractivity contribution in [3.8, 4) is 5.88 Å². The summed E-state index contributed by atoms with van der Waals surface area (Å²) in [5.74, 6) is 3.29. The zero-order valence-corrected chi connectivity index (χ0v) is 15.2. The van der Waals surface area contributed by atoms with Gasteiger partial charge in [-0.3, -0.25) is 4.98 Å². The maximum absolute atomic E-state index is 6.19. The standard InChI is InChI=1S/C21H27N3O/c1-14-8-9-20(23-11-14)18-10-17(18)13-25-21-19(12-22-15(2)24-21)16-6-4-3-5-7-16/h8-9,11-12,16-18H,3-7,10,13H2,1-2H3. The molecule has 2 saturated carbocycles. The Bertz CT molecular complexity index is 722. The molecule has 0 aliphatic heterocycles. The van der Waals surface area contributed by atoms with Gasteiger partial charge in [-0.15, -0.1) is 0 Å². The molecule has 132 valence electrons. The van der Waals surface area contributed by atoms with Gasteiger partial charge in [0.25, 0.3) is 0 Å². The fourth-order valence-electron chi connectivity index (χ4n) is 3.95. The van der Waals surface area contributed by atoms with E-state index in [1.807, 2.05) is 19.3 Å². The van der Waals surface area contributed by atoms with E-state index in [4.69, 9.17) is 4.74 Å². The Morgan fingerprint density at radius 3 is 2.64 bits per heavy atom. The predicted octanol–water partition coefficient (Wildman–Crippen LogP) is 4.72. The Balaban J connectivity index is 1.41. The minimum absolute atomic E-state index is 0.543. The highest BCUT2D eigenvalue weighted by Gasteiger charge is 2.40. The van der Waals surface area contributed by atoms with Crippen LogP contribution >= 0.6 is 0 Å². The van der Waals surface area contributed by atoms with E-state index in [1.54, 1.807) is 0 Å². The number of pyridine rings is 1. The van der Waals surface area contributed by atoms with E-state index in [0.717, 1.165) is 18.3 Å². The quantitative estimate of drug-likeness (QED) is 0.792. The van der Waals surface area contributed by atoms with Gasteiger partial charge in [-0.05, 0) is 50.7 Å². The maximum atomic E-state index is 6.19. The van der Waals surface area contributed by atoms with Crippen molar-refractivity contribution in [3.05, 3.63) is 47.2 Å². The minimum Gasteiger partial charge on any atom is -0.477 e. The van der Waals surface area contributed by atoms with Crippen molar-refractivity contribution in [1.29, 1.82) is 0 Å². The van der Waals surface area contributed by atoms with Crippen molar-refractivity contribution in [2.45, 2.75) is 64.2 Å². The van der Waals surface area contributed by atoms with E-state index in [0.29, 0.717) is 17.8 Å². The normalized spacial score (nSPS) is 23.4. The number of rotatable bonds is 5. The summed E-state index contributed by atoms with van der Waals surface area (Å²) in [6, 6.07) is 4.30. The summed E-state index contributed by atoms with van der Waals surface area (Å²) in [7, 11) is 0. The molecule has 2 aliphatic rings. The third-order valence-electron chi connectivity index (χ3n) is 5.62. The Morgan fingerprint density at radius 2 is 1.88 bits per heavy atom. The summed E-state index contributed by atoms with van der Waals surface area (Å²) in [5, 5.41) is 0. The van der Waals surface area contributed by atoms with Gasteiger partial charge in [0.1, 0.15) is 5.82 Å². The van der Waals surface area contributed by atoms with Gasteiger partial charge in [-0.1, -0.05) is 25.3 Å². The van der Waals surface area contributed by atoms with Crippen LogP contribution in [0.3, 0.4) is 0 Å². The van der Waals surface area contributed by atoms with Gasteiger partial charge in [0.05, 0.1) is 6.61 Å². The van der Waals surface area contributed by atoms with Crippen LogP contribution in [0.25, 0.3) is 0 Å². The molecular weight excluding hydrogens is 310 g/mol. The lowest BCUT2D eigenvalue weighted by atomic mass is 9.85. The third kappa shape index (κ3) is 3.83. The van der Waals surface area contributed by atoms with Crippen LogP contribution in [0.15, 0.2) is 24.5 Å². The molecule has 2 aliphatic carbocycles. The highest BCUT2D eigenvalue weighted by molar-refractivity contribution is 5.29. The number of ether oxygens (including phenoxy) is 1. The summed E-state index contributed by atoms with van der Waals surface area (Å²) in [4.78, 5) is 13.6. The Labute approximate surface area is 150 Å². The zero-order chi connectivity index (χ0) is 17.2. The second kappa shape index (κ2) is 7.11. The molecule has 2 unspecified atom stereocenters. The van der Waals surface area contributed by atoms with Gasteiger partial charge in [0, 0.05) is 35.5 Å². The second-order valence-corrected chi connectivity index (χ2v) is 7.69. The van der Waals surface area contributed by atoms with Crippen LogP contribution in [0.4, 0.5) is 0 Å². The van der Waals surface area contributed by atoms with Crippen LogP contribution in [-0.4, -0.2) is 21.6 Å². The van der Waals surface area contributed by atoms with Crippen molar-refractivity contribution in [1.82, 2.24) is 15.0 Å². The van der Waals surface area contributed by atoms with E-state index in [-0.39, 0.29) is 0 Å². The molecule has 0 amide bonds. The fraction of sp³-hybridized carbons (Fsp3) is 0.571. The first kappa shape index (κ1) is 16.5. The molecule has 25 heavy (non-hydrogen) atoms. The van der Waals surface area contributed by atoms with Crippen molar-refractivity contribution >= 4 is 0 Å². The van der Waals surface area contributed by atoms with Crippen molar-refractivity contribution in [2.24, 2.45) is 5.92 Å². The molecule has 4 heteroatoms.